The molecule has 4 nitrogen and oxygen atoms in total. The highest BCUT2D eigenvalue weighted by Gasteiger charge is 2.35. The smallest absolute Gasteiger partial charge is 0.233 e. The number of hydrogen-bond donors (Lipinski definition) is 0. The third kappa shape index (κ3) is 7.31. The first kappa shape index (κ1) is 17.8. The maximum absolute atomic E-state index is 5.18. The lowest BCUT2D eigenvalue weighted by Crippen LogP contribution is -2.39. The van der Waals surface area contributed by atoms with Gasteiger partial charge in [-0.1, -0.05) is 52.4 Å². The molecule has 0 fully saturated rings. The molecule has 110 valence electrons. The van der Waals surface area contributed by atoms with Gasteiger partial charge in [0.25, 0.3) is 0 Å². The molecule has 0 aliphatic heterocycles. The fourth-order valence-electron chi connectivity index (χ4n) is 2.00. The molecule has 0 rings (SSSR count). The molecule has 0 aromatic heterocycles. The minimum absolute atomic E-state index is 0.212. The number of hydrogen-bond acceptors (Lipinski definition) is 4. The van der Waals surface area contributed by atoms with Gasteiger partial charge in [0.1, 0.15) is 0 Å². The van der Waals surface area contributed by atoms with Crippen LogP contribution in [0.5, 0.6) is 0 Å². The highest BCUT2D eigenvalue weighted by atomic mass is 17.3. The molecule has 1 unspecified atom stereocenters. The van der Waals surface area contributed by atoms with Crippen LogP contribution in [-0.4, -0.2) is 20.0 Å². The summed E-state index contributed by atoms with van der Waals surface area (Å²) >= 11 is 0. The second kappa shape index (κ2) is 10.7. The predicted molar refractivity (Wildman–Crippen MR) is 71.8 cm³/mol. The van der Waals surface area contributed by atoms with Gasteiger partial charge in [-0.3, -0.25) is 0 Å². The van der Waals surface area contributed by atoms with Crippen molar-refractivity contribution in [1.82, 2.24) is 0 Å². The van der Waals surface area contributed by atoms with E-state index < -0.39 is 5.79 Å². The van der Waals surface area contributed by atoms with E-state index in [1.165, 1.54) is 52.7 Å². The van der Waals surface area contributed by atoms with Crippen LogP contribution in [0, 0.1) is 5.92 Å². The molecule has 4 heteroatoms. The zero-order valence-electron chi connectivity index (χ0n) is 12.7. The maximum Gasteiger partial charge on any atom is 0.233 e. The van der Waals surface area contributed by atoms with E-state index in [9.17, 15) is 0 Å². The van der Waals surface area contributed by atoms with Crippen LogP contribution in [0.2, 0.25) is 0 Å². The molecule has 0 saturated carbocycles. The van der Waals surface area contributed by atoms with Crippen LogP contribution >= 0.6 is 0 Å². The summed E-state index contributed by atoms with van der Waals surface area (Å²) in [5.74, 6) is -0.629. The summed E-state index contributed by atoms with van der Waals surface area (Å²) in [7, 11) is 2.96. The summed E-state index contributed by atoms with van der Waals surface area (Å²) in [5, 5.41) is 0. The SMILES string of the molecule is CCCCCCCCC(C)C(C)(OOC)OOC. The van der Waals surface area contributed by atoms with Crippen LogP contribution in [0.15, 0.2) is 0 Å². The van der Waals surface area contributed by atoms with Crippen LogP contribution in [0.4, 0.5) is 0 Å². The monoisotopic (exact) mass is 262 g/mol. The first-order valence-corrected chi connectivity index (χ1v) is 7.04. The molecule has 0 saturated heterocycles. The Labute approximate surface area is 112 Å². The third-order valence-corrected chi connectivity index (χ3v) is 3.38. The standard InChI is InChI=1S/C14H30O4/c1-6-7-8-9-10-11-12-13(2)14(3,17-15-4)18-16-5/h13H,6-12H2,1-5H3. The van der Waals surface area contributed by atoms with Gasteiger partial charge in [0.05, 0.1) is 14.2 Å². The lowest BCUT2D eigenvalue weighted by atomic mass is 9.95. The van der Waals surface area contributed by atoms with Crippen molar-refractivity contribution < 1.29 is 19.6 Å². The Morgan fingerprint density at radius 1 is 0.889 bits per heavy atom. The third-order valence-electron chi connectivity index (χ3n) is 3.38. The lowest BCUT2D eigenvalue weighted by Gasteiger charge is -2.31. The Hall–Kier alpha value is -0.160. The molecular formula is C14H30O4. The highest BCUT2D eigenvalue weighted by molar-refractivity contribution is 4.69. The molecule has 0 radical (unpaired) electrons. The molecule has 0 bridgehead atoms. The minimum atomic E-state index is -0.840. The van der Waals surface area contributed by atoms with Crippen molar-refractivity contribution in [1.29, 1.82) is 0 Å². The molecule has 18 heavy (non-hydrogen) atoms. The van der Waals surface area contributed by atoms with Gasteiger partial charge < -0.3 is 0 Å². The summed E-state index contributed by atoms with van der Waals surface area (Å²) in [5.41, 5.74) is 0. The number of unbranched alkanes of at least 4 members (excludes halogenated alkanes) is 5. The Morgan fingerprint density at radius 2 is 1.39 bits per heavy atom. The van der Waals surface area contributed by atoms with E-state index >= 15 is 0 Å². The normalized spacial score (nSPS) is 13.8. The van der Waals surface area contributed by atoms with Crippen molar-refractivity contribution in [3.63, 3.8) is 0 Å². The van der Waals surface area contributed by atoms with Crippen LogP contribution in [0.25, 0.3) is 0 Å². The molecule has 0 aliphatic rings. The molecule has 0 amide bonds. The van der Waals surface area contributed by atoms with Crippen LogP contribution in [-0.2, 0) is 19.6 Å². The van der Waals surface area contributed by atoms with Gasteiger partial charge in [-0.25, -0.2) is 9.78 Å². The minimum Gasteiger partial charge on any atom is -0.237 e. The fourth-order valence-corrected chi connectivity index (χ4v) is 2.00. The quantitative estimate of drug-likeness (QED) is 0.228. The second-order valence-electron chi connectivity index (χ2n) is 4.97. The van der Waals surface area contributed by atoms with Gasteiger partial charge in [0.15, 0.2) is 0 Å². The first-order valence-electron chi connectivity index (χ1n) is 7.04. The van der Waals surface area contributed by atoms with Gasteiger partial charge in [-0.05, 0) is 13.3 Å². The van der Waals surface area contributed by atoms with E-state index in [-0.39, 0.29) is 5.92 Å². The van der Waals surface area contributed by atoms with Crippen molar-refractivity contribution in [3.05, 3.63) is 0 Å². The molecule has 1 atom stereocenters. The van der Waals surface area contributed by atoms with E-state index in [1.54, 1.807) is 0 Å². The van der Waals surface area contributed by atoms with E-state index in [4.69, 9.17) is 19.6 Å². The lowest BCUT2D eigenvalue weighted by molar-refractivity contribution is -0.506. The maximum atomic E-state index is 5.18. The van der Waals surface area contributed by atoms with Crippen molar-refractivity contribution in [3.8, 4) is 0 Å². The molecular weight excluding hydrogens is 232 g/mol. The molecule has 0 aromatic rings. The summed E-state index contributed by atoms with van der Waals surface area (Å²) in [6.07, 6.45) is 8.76. The van der Waals surface area contributed by atoms with Crippen molar-refractivity contribution in [2.45, 2.75) is 71.5 Å². The highest BCUT2D eigenvalue weighted by Crippen LogP contribution is 2.28. The average molecular weight is 262 g/mol. The zero-order valence-corrected chi connectivity index (χ0v) is 12.7. The average Bonchev–Trinajstić information content (AvgIpc) is 2.34. The second-order valence-corrected chi connectivity index (χ2v) is 4.97. The van der Waals surface area contributed by atoms with E-state index in [1.807, 2.05) is 6.92 Å². The van der Waals surface area contributed by atoms with E-state index in [2.05, 4.69) is 13.8 Å². The summed E-state index contributed by atoms with van der Waals surface area (Å²) in [4.78, 5) is 19.8. The van der Waals surface area contributed by atoms with Crippen LogP contribution in [0.3, 0.4) is 0 Å². The molecule has 0 aromatic carbocycles. The number of rotatable bonds is 12. The van der Waals surface area contributed by atoms with E-state index in [0.29, 0.717) is 0 Å². The molecule has 0 spiro atoms. The van der Waals surface area contributed by atoms with Gasteiger partial charge in [-0.15, -0.1) is 0 Å². The Kier molecular flexibility index (Phi) is 10.6. The molecule has 0 aliphatic carbocycles. The van der Waals surface area contributed by atoms with Crippen LogP contribution < -0.4 is 0 Å². The van der Waals surface area contributed by atoms with Crippen molar-refractivity contribution in [2.24, 2.45) is 5.92 Å². The fraction of sp³-hybridized carbons (Fsp3) is 1.00. The zero-order chi connectivity index (χ0) is 13.9. The topological polar surface area (TPSA) is 36.9 Å². The largest absolute Gasteiger partial charge is 0.237 e. The van der Waals surface area contributed by atoms with Gasteiger partial charge >= 0.3 is 0 Å². The van der Waals surface area contributed by atoms with Gasteiger partial charge in [0, 0.05) is 5.92 Å². The van der Waals surface area contributed by atoms with E-state index in [0.717, 1.165) is 6.42 Å². The Morgan fingerprint density at radius 3 is 1.89 bits per heavy atom. The van der Waals surface area contributed by atoms with Gasteiger partial charge in [-0.2, -0.15) is 9.78 Å². The summed E-state index contributed by atoms with van der Waals surface area (Å²) in [6, 6.07) is 0. The summed E-state index contributed by atoms with van der Waals surface area (Å²) in [6.45, 7) is 6.16. The predicted octanol–water partition coefficient (Wildman–Crippen LogP) is 4.25. The van der Waals surface area contributed by atoms with Crippen molar-refractivity contribution in [2.75, 3.05) is 14.2 Å². The Bertz CT molecular complexity index is 179. The first-order chi connectivity index (χ1) is 8.60. The molecule has 0 N–H and O–H groups in total. The molecule has 0 heterocycles. The van der Waals surface area contributed by atoms with Gasteiger partial charge in [0.2, 0.25) is 5.79 Å². The summed E-state index contributed by atoms with van der Waals surface area (Å²) < 4.78 is 0. The van der Waals surface area contributed by atoms with Crippen LogP contribution in [0.1, 0.15) is 65.7 Å². The Balaban J connectivity index is 3.84. The van der Waals surface area contributed by atoms with Crippen molar-refractivity contribution >= 4 is 0 Å².